The molecule has 8 heteroatoms. The lowest BCUT2D eigenvalue weighted by molar-refractivity contribution is -0.172. The first kappa shape index (κ1) is 17.9. The Morgan fingerprint density at radius 1 is 1.27 bits per heavy atom. The highest BCUT2D eigenvalue weighted by Crippen LogP contribution is 2.41. The Bertz CT molecular complexity index is 466. The summed E-state index contributed by atoms with van der Waals surface area (Å²) in [6.07, 6.45) is -4.36. The fraction of sp³-hybridized carbons (Fsp3) is 0.571. The van der Waals surface area contributed by atoms with Crippen LogP contribution in [0.15, 0.2) is 24.3 Å². The van der Waals surface area contributed by atoms with Gasteiger partial charge in [0.25, 0.3) is 0 Å². The van der Waals surface area contributed by atoms with Crippen molar-refractivity contribution >= 4 is 23.7 Å². The predicted molar refractivity (Wildman–Crippen MR) is 82.6 cm³/mol. The molecule has 0 radical (unpaired) electrons. The summed E-state index contributed by atoms with van der Waals surface area (Å²) in [6.45, 7) is 4.32. The number of rotatable bonds is 5. The molecule has 0 N–H and O–H groups in total. The van der Waals surface area contributed by atoms with Crippen LogP contribution in [-0.4, -0.2) is 47.6 Å². The maximum atomic E-state index is 13.6. The fourth-order valence-electron chi connectivity index (χ4n) is 2.23. The SMILES string of the molecule is CCN(SN1CCOCC1)C(c1ccc(Cl)cc1)C(F)(F)F. The van der Waals surface area contributed by atoms with E-state index >= 15 is 0 Å². The molecule has 0 saturated carbocycles. The molecular formula is C14H18ClF3N2OS. The van der Waals surface area contributed by atoms with Crippen LogP contribution in [0, 0.1) is 0 Å². The highest BCUT2D eigenvalue weighted by Gasteiger charge is 2.45. The Labute approximate surface area is 137 Å². The van der Waals surface area contributed by atoms with E-state index in [0.29, 0.717) is 31.3 Å². The number of hydrogen-bond acceptors (Lipinski definition) is 4. The first-order valence-corrected chi connectivity index (χ1v) is 8.12. The van der Waals surface area contributed by atoms with E-state index in [1.54, 1.807) is 6.92 Å². The standard InChI is InChI=1S/C14H18ClF3N2OS/c1-2-20(22-19-7-9-21-10-8-19)13(14(16,17)18)11-3-5-12(15)6-4-11/h3-6,13H,2,7-10H2,1H3. The van der Waals surface area contributed by atoms with Crippen LogP contribution in [0.25, 0.3) is 0 Å². The summed E-state index contributed by atoms with van der Waals surface area (Å²) >= 11 is 6.91. The number of hydrogen-bond donors (Lipinski definition) is 0. The van der Waals surface area contributed by atoms with Crippen molar-refractivity contribution in [3.05, 3.63) is 34.9 Å². The number of benzene rings is 1. The molecule has 1 aliphatic rings. The van der Waals surface area contributed by atoms with Gasteiger partial charge < -0.3 is 4.74 Å². The molecule has 0 bridgehead atoms. The van der Waals surface area contributed by atoms with Gasteiger partial charge in [-0.3, -0.25) is 0 Å². The Morgan fingerprint density at radius 2 is 1.86 bits per heavy atom. The van der Waals surface area contributed by atoms with Crippen LogP contribution in [0.4, 0.5) is 13.2 Å². The van der Waals surface area contributed by atoms with E-state index in [2.05, 4.69) is 0 Å². The largest absolute Gasteiger partial charge is 0.409 e. The van der Waals surface area contributed by atoms with Gasteiger partial charge in [0.1, 0.15) is 6.04 Å². The summed E-state index contributed by atoms with van der Waals surface area (Å²) in [5.41, 5.74) is 0.194. The van der Waals surface area contributed by atoms with Crippen molar-refractivity contribution in [1.82, 2.24) is 8.61 Å². The molecule has 1 unspecified atom stereocenters. The monoisotopic (exact) mass is 354 g/mol. The number of morpholine rings is 1. The van der Waals surface area contributed by atoms with Gasteiger partial charge in [-0.1, -0.05) is 30.7 Å². The number of nitrogens with zero attached hydrogens (tertiary/aromatic N) is 2. The van der Waals surface area contributed by atoms with Crippen LogP contribution in [0.5, 0.6) is 0 Å². The van der Waals surface area contributed by atoms with Crippen LogP contribution in [-0.2, 0) is 4.74 Å². The third-order valence-electron chi connectivity index (χ3n) is 3.29. The number of alkyl halides is 3. The van der Waals surface area contributed by atoms with Crippen molar-refractivity contribution in [3.8, 4) is 0 Å². The van der Waals surface area contributed by atoms with Gasteiger partial charge in [-0.2, -0.15) is 13.2 Å². The Kier molecular flexibility index (Phi) is 6.40. The van der Waals surface area contributed by atoms with Gasteiger partial charge in [-0.15, -0.1) is 0 Å². The second kappa shape index (κ2) is 7.88. The first-order chi connectivity index (χ1) is 10.4. The first-order valence-electron chi connectivity index (χ1n) is 7.01. The van der Waals surface area contributed by atoms with Gasteiger partial charge in [-0.05, 0) is 17.7 Å². The molecule has 0 amide bonds. The molecule has 0 aromatic heterocycles. The highest BCUT2D eigenvalue weighted by atomic mass is 35.5. The quantitative estimate of drug-likeness (QED) is 0.737. The van der Waals surface area contributed by atoms with Crippen LogP contribution in [0.2, 0.25) is 5.02 Å². The minimum atomic E-state index is -4.36. The molecule has 1 aromatic carbocycles. The number of halogens is 4. The minimum absolute atomic E-state index is 0.194. The van der Waals surface area contributed by atoms with E-state index in [-0.39, 0.29) is 12.1 Å². The van der Waals surface area contributed by atoms with Crippen molar-refractivity contribution in [2.45, 2.75) is 19.1 Å². The summed E-state index contributed by atoms with van der Waals surface area (Å²) in [5, 5.41) is 0.425. The van der Waals surface area contributed by atoms with Crippen molar-refractivity contribution in [2.24, 2.45) is 0 Å². The van der Waals surface area contributed by atoms with E-state index < -0.39 is 12.2 Å². The molecule has 3 nitrogen and oxygen atoms in total. The third-order valence-corrected chi connectivity index (χ3v) is 4.81. The van der Waals surface area contributed by atoms with Crippen LogP contribution in [0.3, 0.4) is 0 Å². The Morgan fingerprint density at radius 3 is 2.36 bits per heavy atom. The third kappa shape index (κ3) is 4.76. The minimum Gasteiger partial charge on any atom is -0.379 e. The molecule has 0 spiro atoms. The maximum absolute atomic E-state index is 13.6. The van der Waals surface area contributed by atoms with E-state index in [9.17, 15) is 13.2 Å². The molecule has 1 heterocycles. The molecular weight excluding hydrogens is 337 g/mol. The van der Waals surface area contributed by atoms with Gasteiger partial charge in [0.2, 0.25) is 0 Å². The lowest BCUT2D eigenvalue weighted by atomic mass is 10.1. The molecule has 0 aliphatic carbocycles. The summed E-state index contributed by atoms with van der Waals surface area (Å²) in [5.74, 6) is 0. The average molecular weight is 355 g/mol. The highest BCUT2D eigenvalue weighted by molar-refractivity contribution is 7.94. The lowest BCUT2D eigenvalue weighted by Gasteiger charge is -2.36. The normalized spacial score (nSPS) is 18.6. The zero-order chi connectivity index (χ0) is 16.2. The maximum Gasteiger partial charge on any atom is 0.409 e. The van der Waals surface area contributed by atoms with E-state index in [1.807, 2.05) is 4.31 Å². The summed E-state index contributed by atoms with van der Waals surface area (Å²) < 4.78 is 49.2. The zero-order valence-electron chi connectivity index (χ0n) is 12.1. The molecule has 1 fully saturated rings. The average Bonchev–Trinajstić information content (AvgIpc) is 2.48. The molecule has 2 rings (SSSR count). The molecule has 1 atom stereocenters. The van der Waals surface area contributed by atoms with E-state index in [0.717, 1.165) is 12.1 Å². The summed E-state index contributed by atoms with van der Waals surface area (Å²) in [7, 11) is 0. The van der Waals surface area contributed by atoms with Crippen LogP contribution in [0.1, 0.15) is 18.5 Å². The van der Waals surface area contributed by atoms with Gasteiger partial charge in [0.05, 0.1) is 13.2 Å². The summed E-state index contributed by atoms with van der Waals surface area (Å²) in [4.78, 5) is 0. The fourth-order valence-corrected chi connectivity index (χ4v) is 3.41. The van der Waals surface area contributed by atoms with Crippen molar-refractivity contribution < 1.29 is 17.9 Å². The van der Waals surface area contributed by atoms with Crippen molar-refractivity contribution in [1.29, 1.82) is 0 Å². The van der Waals surface area contributed by atoms with Gasteiger partial charge in [0, 0.05) is 36.8 Å². The molecule has 1 aliphatic heterocycles. The van der Waals surface area contributed by atoms with Crippen molar-refractivity contribution in [3.63, 3.8) is 0 Å². The van der Waals surface area contributed by atoms with Gasteiger partial charge in [0.15, 0.2) is 0 Å². The lowest BCUT2D eigenvalue weighted by Crippen LogP contribution is -2.40. The van der Waals surface area contributed by atoms with Crippen molar-refractivity contribution in [2.75, 3.05) is 32.8 Å². The van der Waals surface area contributed by atoms with Crippen LogP contribution < -0.4 is 0 Å². The topological polar surface area (TPSA) is 15.7 Å². The van der Waals surface area contributed by atoms with E-state index in [4.69, 9.17) is 16.3 Å². The molecule has 1 saturated heterocycles. The summed E-state index contributed by atoms with van der Waals surface area (Å²) in [6, 6.07) is 4.18. The zero-order valence-corrected chi connectivity index (χ0v) is 13.7. The predicted octanol–water partition coefficient (Wildman–Crippen LogP) is 4.16. The molecule has 22 heavy (non-hydrogen) atoms. The smallest absolute Gasteiger partial charge is 0.379 e. The Balaban J connectivity index is 2.20. The van der Waals surface area contributed by atoms with E-state index in [1.165, 1.54) is 28.6 Å². The number of ether oxygens (including phenoxy) is 1. The molecule has 124 valence electrons. The van der Waals surface area contributed by atoms with Crippen LogP contribution >= 0.6 is 23.7 Å². The van der Waals surface area contributed by atoms with Gasteiger partial charge in [-0.25, -0.2) is 8.61 Å². The molecule has 1 aromatic rings. The second-order valence-corrected chi connectivity index (χ2v) is 6.44. The second-order valence-electron chi connectivity index (χ2n) is 4.85. The Hall–Kier alpha value is -0.470. The van der Waals surface area contributed by atoms with Gasteiger partial charge >= 0.3 is 6.18 Å².